The Morgan fingerprint density at radius 2 is 1.70 bits per heavy atom. The summed E-state index contributed by atoms with van der Waals surface area (Å²) in [4.78, 5) is 7.51. The fourth-order valence-electron chi connectivity index (χ4n) is 1.68. The second kappa shape index (κ2) is 7.43. The largest absolute Gasteiger partial charge is 0.421 e. The van der Waals surface area contributed by atoms with Crippen molar-refractivity contribution in [1.29, 1.82) is 0 Å². The number of H-pyrrole nitrogens is 1. The number of nitrogens with one attached hydrogen (secondary N) is 1. The number of rotatable bonds is 1. The second-order valence-electron chi connectivity index (χ2n) is 3.68. The van der Waals surface area contributed by atoms with E-state index in [1.807, 2.05) is 52.8 Å². The van der Waals surface area contributed by atoms with Crippen molar-refractivity contribution in [2.24, 2.45) is 0 Å². The molecule has 2 heterocycles. The van der Waals surface area contributed by atoms with Gasteiger partial charge in [-0.3, -0.25) is 0 Å². The summed E-state index contributed by atoms with van der Waals surface area (Å²) in [5.41, 5.74) is 2.82. The topological polar surface area (TPSA) is 67.6 Å². The van der Waals surface area contributed by atoms with Gasteiger partial charge in [0.25, 0.3) is 0 Å². The van der Waals surface area contributed by atoms with E-state index >= 15 is 0 Å². The highest BCUT2D eigenvalue weighted by atomic mass is 16.4. The van der Waals surface area contributed by atoms with Crippen molar-refractivity contribution >= 4 is 11.0 Å². The van der Waals surface area contributed by atoms with Crippen molar-refractivity contribution in [1.82, 2.24) is 20.2 Å². The third-order valence-corrected chi connectivity index (χ3v) is 2.37. The van der Waals surface area contributed by atoms with Gasteiger partial charge in [-0.15, -0.1) is 10.2 Å². The molecule has 1 aromatic carbocycles. The van der Waals surface area contributed by atoms with Crippen LogP contribution in [0.25, 0.3) is 22.5 Å². The number of fused-ring (bicyclic) bond motifs is 1. The molecule has 0 atom stereocenters. The maximum Gasteiger partial charge on any atom is 0.247 e. The molecule has 0 saturated carbocycles. The lowest BCUT2D eigenvalue weighted by atomic mass is 10.2. The van der Waals surface area contributed by atoms with Gasteiger partial charge in [0, 0.05) is 12.5 Å². The van der Waals surface area contributed by atoms with Crippen molar-refractivity contribution in [3.8, 4) is 11.5 Å². The van der Waals surface area contributed by atoms with Crippen LogP contribution < -0.4 is 0 Å². The van der Waals surface area contributed by atoms with Crippen LogP contribution >= 0.6 is 0 Å². The minimum absolute atomic E-state index is 0.534. The van der Waals surface area contributed by atoms with E-state index in [4.69, 9.17) is 4.42 Å². The Morgan fingerprint density at radius 1 is 1.00 bits per heavy atom. The highest BCUT2D eigenvalue weighted by Crippen LogP contribution is 2.21. The third-order valence-electron chi connectivity index (χ3n) is 2.37. The van der Waals surface area contributed by atoms with Crippen LogP contribution in [0.4, 0.5) is 0 Å². The number of hydrogen-bond acceptors (Lipinski definition) is 4. The molecule has 2 aromatic heterocycles. The fourth-order valence-corrected chi connectivity index (χ4v) is 1.68. The second-order valence-corrected chi connectivity index (χ2v) is 3.68. The number of aromatic nitrogens is 4. The summed E-state index contributed by atoms with van der Waals surface area (Å²) in [7, 11) is 0. The summed E-state index contributed by atoms with van der Waals surface area (Å²) in [6.07, 6.45) is 0. The highest BCUT2D eigenvalue weighted by Gasteiger charge is 2.07. The molecular formula is C15H22N4O. The lowest BCUT2D eigenvalue weighted by molar-refractivity contribution is 0.533. The lowest BCUT2D eigenvalue weighted by Gasteiger charge is -1.93. The van der Waals surface area contributed by atoms with Crippen LogP contribution in [0.5, 0.6) is 0 Å². The van der Waals surface area contributed by atoms with E-state index in [-0.39, 0.29) is 0 Å². The van der Waals surface area contributed by atoms with Gasteiger partial charge >= 0.3 is 0 Å². The summed E-state index contributed by atoms with van der Waals surface area (Å²) in [6, 6.07) is 5.82. The van der Waals surface area contributed by atoms with Crippen molar-refractivity contribution in [3.63, 3.8) is 0 Å². The predicted octanol–water partition coefficient (Wildman–Crippen LogP) is 4.28. The van der Waals surface area contributed by atoms with Gasteiger partial charge in [0.1, 0.15) is 5.82 Å². The van der Waals surface area contributed by atoms with Crippen molar-refractivity contribution in [3.05, 3.63) is 29.9 Å². The molecular weight excluding hydrogens is 252 g/mol. The van der Waals surface area contributed by atoms with E-state index in [0.717, 1.165) is 22.4 Å². The van der Waals surface area contributed by atoms with E-state index < -0.39 is 0 Å². The van der Waals surface area contributed by atoms with Gasteiger partial charge in [-0.25, -0.2) is 4.98 Å². The van der Waals surface area contributed by atoms with Crippen LogP contribution in [0, 0.1) is 13.8 Å². The number of aryl methyl sites for hydroxylation is 2. The van der Waals surface area contributed by atoms with E-state index in [2.05, 4.69) is 20.2 Å². The van der Waals surface area contributed by atoms with Crippen LogP contribution in [0.15, 0.2) is 22.6 Å². The smallest absolute Gasteiger partial charge is 0.247 e. The zero-order chi connectivity index (χ0) is 15.1. The Bertz CT molecular complexity index is 655. The molecule has 0 spiro atoms. The summed E-state index contributed by atoms with van der Waals surface area (Å²) in [5, 5.41) is 7.78. The molecule has 5 heteroatoms. The van der Waals surface area contributed by atoms with Gasteiger partial charge in [0.05, 0.1) is 11.0 Å². The Balaban J connectivity index is 0.000000461. The molecule has 0 aliphatic carbocycles. The summed E-state index contributed by atoms with van der Waals surface area (Å²) in [5.74, 6) is 2.00. The number of aromatic amines is 1. The summed E-state index contributed by atoms with van der Waals surface area (Å²) in [6.45, 7) is 11.7. The Labute approximate surface area is 119 Å². The standard InChI is InChI=1S/C11H10N4O.2C2H6/c1-6-12-9-4-3-8(5-10(9)13-6)11-15-14-7(2)16-11;2*1-2/h3-5H,1-2H3,(H,12,13);2*1-2H3. The quantitative estimate of drug-likeness (QED) is 0.719. The Morgan fingerprint density at radius 3 is 2.30 bits per heavy atom. The number of benzene rings is 1. The highest BCUT2D eigenvalue weighted by molar-refractivity contribution is 5.80. The molecule has 3 aromatic rings. The van der Waals surface area contributed by atoms with Gasteiger partial charge in [-0.1, -0.05) is 27.7 Å². The zero-order valence-electron chi connectivity index (χ0n) is 13.0. The first-order valence-corrected chi connectivity index (χ1v) is 6.99. The number of nitrogens with zero attached hydrogens (tertiary/aromatic N) is 3. The van der Waals surface area contributed by atoms with E-state index in [1.54, 1.807) is 6.92 Å². The molecule has 0 fully saturated rings. The maximum absolute atomic E-state index is 5.37. The molecule has 3 rings (SSSR count). The first-order valence-electron chi connectivity index (χ1n) is 6.99. The minimum atomic E-state index is 0.534. The molecule has 0 radical (unpaired) electrons. The maximum atomic E-state index is 5.37. The predicted molar refractivity (Wildman–Crippen MR) is 81.6 cm³/mol. The van der Waals surface area contributed by atoms with Crippen LogP contribution in [-0.4, -0.2) is 20.2 Å². The normalized spacial score (nSPS) is 9.50. The lowest BCUT2D eigenvalue weighted by Crippen LogP contribution is -1.78. The third kappa shape index (κ3) is 3.44. The molecule has 1 N–H and O–H groups in total. The van der Waals surface area contributed by atoms with Gasteiger partial charge in [-0.05, 0) is 25.1 Å². The molecule has 5 nitrogen and oxygen atoms in total. The SMILES string of the molecule is CC.CC.Cc1nc2ccc(-c3nnc(C)o3)cc2[nH]1. The Hall–Kier alpha value is -2.17. The van der Waals surface area contributed by atoms with Crippen molar-refractivity contribution in [2.45, 2.75) is 41.5 Å². The molecule has 0 unspecified atom stereocenters. The molecule has 0 aliphatic heterocycles. The van der Waals surface area contributed by atoms with Crippen LogP contribution in [0.2, 0.25) is 0 Å². The van der Waals surface area contributed by atoms with Gasteiger partial charge in [0.15, 0.2) is 0 Å². The first kappa shape index (κ1) is 15.9. The number of imidazole rings is 1. The Kier molecular flexibility index (Phi) is 5.90. The molecule has 0 aliphatic rings. The van der Waals surface area contributed by atoms with Gasteiger partial charge < -0.3 is 9.40 Å². The molecule has 0 bridgehead atoms. The average molecular weight is 274 g/mol. The molecule has 0 saturated heterocycles. The van der Waals surface area contributed by atoms with Crippen LogP contribution in [-0.2, 0) is 0 Å². The minimum Gasteiger partial charge on any atom is -0.421 e. The molecule has 20 heavy (non-hydrogen) atoms. The summed E-state index contributed by atoms with van der Waals surface area (Å²) < 4.78 is 5.37. The van der Waals surface area contributed by atoms with E-state index in [9.17, 15) is 0 Å². The first-order chi connectivity index (χ1) is 9.72. The molecule has 108 valence electrons. The van der Waals surface area contributed by atoms with Crippen molar-refractivity contribution < 1.29 is 4.42 Å². The van der Waals surface area contributed by atoms with E-state index in [1.165, 1.54) is 0 Å². The molecule has 0 amide bonds. The zero-order valence-corrected chi connectivity index (χ0v) is 13.0. The van der Waals surface area contributed by atoms with Crippen LogP contribution in [0.1, 0.15) is 39.4 Å². The number of hydrogen-bond donors (Lipinski definition) is 1. The van der Waals surface area contributed by atoms with Gasteiger partial charge in [0.2, 0.25) is 11.8 Å². The van der Waals surface area contributed by atoms with E-state index in [0.29, 0.717) is 11.8 Å². The van der Waals surface area contributed by atoms with Crippen LogP contribution in [0.3, 0.4) is 0 Å². The fraction of sp³-hybridized carbons (Fsp3) is 0.400. The van der Waals surface area contributed by atoms with Gasteiger partial charge in [-0.2, -0.15) is 0 Å². The average Bonchev–Trinajstić information content (AvgIpc) is 3.07. The summed E-state index contributed by atoms with van der Waals surface area (Å²) >= 11 is 0. The van der Waals surface area contributed by atoms with Crippen molar-refractivity contribution in [2.75, 3.05) is 0 Å². The monoisotopic (exact) mass is 274 g/mol.